The van der Waals surface area contributed by atoms with Crippen molar-refractivity contribution in [3.8, 4) is 11.5 Å². The van der Waals surface area contributed by atoms with E-state index in [0.29, 0.717) is 18.1 Å². The van der Waals surface area contributed by atoms with Crippen molar-refractivity contribution in [3.63, 3.8) is 0 Å². The maximum Gasteiger partial charge on any atom is 0.315 e. The monoisotopic (exact) mass is 302 g/mol. The van der Waals surface area contributed by atoms with Crippen LogP contribution in [0.3, 0.4) is 0 Å². The Morgan fingerprint density at radius 3 is 2.33 bits per heavy atom. The number of ether oxygens (including phenoxy) is 2. The van der Waals surface area contributed by atoms with Crippen LogP contribution < -0.4 is 4.74 Å². The molecular formula is C17H15ClO3. The first-order valence-electron chi connectivity index (χ1n) is 6.88. The fourth-order valence-electron chi connectivity index (χ4n) is 2.57. The first kappa shape index (κ1) is 14.0. The molecule has 3 rings (SSSR count). The Hall–Kier alpha value is -2.00. The number of fused-ring (bicyclic) bond motifs is 2. The summed E-state index contributed by atoms with van der Waals surface area (Å²) in [5.41, 5.74) is 1.56. The van der Waals surface area contributed by atoms with Crippen LogP contribution in [0, 0.1) is 0 Å². The Morgan fingerprint density at radius 1 is 1.10 bits per heavy atom. The highest BCUT2D eigenvalue weighted by atomic mass is 35.5. The molecule has 0 aromatic heterocycles. The number of rotatable bonds is 2. The van der Waals surface area contributed by atoms with Crippen LogP contribution in [0.25, 0.3) is 0 Å². The summed E-state index contributed by atoms with van der Waals surface area (Å²) in [4.78, 5) is 12.4. The Morgan fingerprint density at radius 2 is 1.67 bits per heavy atom. The Labute approximate surface area is 128 Å². The minimum Gasteiger partial charge on any atom is -0.465 e. The van der Waals surface area contributed by atoms with E-state index >= 15 is 0 Å². The first-order chi connectivity index (χ1) is 10.2. The van der Waals surface area contributed by atoms with Gasteiger partial charge in [0.15, 0.2) is 0 Å². The zero-order valence-corrected chi connectivity index (χ0v) is 12.3. The summed E-state index contributed by atoms with van der Waals surface area (Å²) in [5.74, 6) is 0.416. The van der Waals surface area contributed by atoms with Gasteiger partial charge >= 0.3 is 5.97 Å². The van der Waals surface area contributed by atoms with Gasteiger partial charge in [0.25, 0.3) is 0 Å². The van der Waals surface area contributed by atoms with Gasteiger partial charge in [-0.1, -0.05) is 36.4 Å². The van der Waals surface area contributed by atoms with Crippen molar-refractivity contribution in [2.75, 3.05) is 6.61 Å². The summed E-state index contributed by atoms with van der Waals surface area (Å²) in [5, 5.41) is -0.524. The van der Waals surface area contributed by atoms with Gasteiger partial charge in [-0.3, -0.25) is 4.79 Å². The van der Waals surface area contributed by atoms with E-state index in [4.69, 9.17) is 21.1 Å². The number of hydrogen-bond donors (Lipinski definition) is 0. The average Bonchev–Trinajstić information content (AvgIpc) is 2.62. The van der Waals surface area contributed by atoms with Crippen molar-refractivity contribution >= 4 is 17.6 Å². The molecule has 1 heterocycles. The number of halogens is 1. The standard InChI is InChI=1S/C17H15ClO3/c1-2-20-17(19)15-11-7-3-5-9-13(11)21-14-10-6-4-8-12(14)16(15)18/h3-10,15-16H,2H2,1H3/t15-,16-/m1/s1. The minimum absolute atomic E-state index is 0.323. The van der Waals surface area contributed by atoms with Crippen LogP contribution in [0.15, 0.2) is 48.5 Å². The molecule has 0 spiro atoms. The van der Waals surface area contributed by atoms with Crippen LogP contribution in [0.4, 0.5) is 0 Å². The number of para-hydroxylation sites is 2. The molecule has 0 radical (unpaired) electrons. The van der Waals surface area contributed by atoms with Crippen molar-refractivity contribution < 1.29 is 14.3 Å². The number of alkyl halides is 1. The number of benzene rings is 2. The van der Waals surface area contributed by atoms with Gasteiger partial charge in [0.2, 0.25) is 0 Å². The molecule has 0 bridgehead atoms. The maximum absolute atomic E-state index is 12.4. The normalized spacial score (nSPS) is 19.7. The molecule has 2 aromatic carbocycles. The van der Waals surface area contributed by atoms with Gasteiger partial charge in [-0.2, -0.15) is 0 Å². The van der Waals surface area contributed by atoms with Crippen molar-refractivity contribution in [3.05, 3.63) is 59.7 Å². The van der Waals surface area contributed by atoms with Crippen LogP contribution in [0.5, 0.6) is 11.5 Å². The van der Waals surface area contributed by atoms with Crippen LogP contribution in [-0.2, 0) is 9.53 Å². The second-order valence-electron chi connectivity index (χ2n) is 4.81. The summed E-state index contributed by atoms with van der Waals surface area (Å²) >= 11 is 6.60. The van der Waals surface area contributed by atoms with Crippen molar-refractivity contribution in [2.45, 2.75) is 18.2 Å². The van der Waals surface area contributed by atoms with Gasteiger partial charge in [-0.05, 0) is 19.1 Å². The first-order valence-corrected chi connectivity index (χ1v) is 7.32. The predicted molar refractivity (Wildman–Crippen MR) is 80.9 cm³/mol. The Kier molecular flexibility index (Phi) is 3.84. The third kappa shape index (κ3) is 2.49. The molecule has 0 aliphatic carbocycles. The Bertz CT molecular complexity index is 669. The topological polar surface area (TPSA) is 35.5 Å². The van der Waals surface area contributed by atoms with Crippen molar-refractivity contribution in [1.82, 2.24) is 0 Å². The maximum atomic E-state index is 12.4. The molecule has 1 aliphatic rings. The molecule has 0 saturated heterocycles. The average molecular weight is 303 g/mol. The summed E-state index contributed by atoms with van der Waals surface area (Å²) < 4.78 is 11.1. The SMILES string of the molecule is CCOC(=O)[C@@H]1c2ccccc2Oc2ccccc2[C@H]1Cl. The van der Waals surface area contributed by atoms with Gasteiger partial charge < -0.3 is 9.47 Å². The lowest BCUT2D eigenvalue weighted by molar-refractivity contribution is -0.145. The second-order valence-corrected chi connectivity index (χ2v) is 5.28. The highest BCUT2D eigenvalue weighted by Crippen LogP contribution is 2.48. The smallest absolute Gasteiger partial charge is 0.315 e. The third-order valence-electron chi connectivity index (χ3n) is 3.52. The van der Waals surface area contributed by atoms with Crippen molar-refractivity contribution in [2.24, 2.45) is 0 Å². The highest BCUT2D eigenvalue weighted by molar-refractivity contribution is 6.23. The zero-order valence-electron chi connectivity index (χ0n) is 11.6. The number of hydrogen-bond acceptors (Lipinski definition) is 3. The number of esters is 1. The fraction of sp³-hybridized carbons (Fsp3) is 0.235. The second kappa shape index (κ2) is 5.78. The molecule has 0 unspecified atom stereocenters. The third-order valence-corrected chi connectivity index (χ3v) is 4.01. The predicted octanol–water partition coefficient (Wildman–Crippen LogP) is 4.42. The van der Waals surface area contributed by atoms with Crippen molar-refractivity contribution in [1.29, 1.82) is 0 Å². The lowest BCUT2D eigenvalue weighted by Gasteiger charge is -2.19. The molecule has 21 heavy (non-hydrogen) atoms. The minimum atomic E-state index is -0.577. The summed E-state index contributed by atoms with van der Waals surface area (Å²) in [6, 6.07) is 14.9. The fourth-order valence-corrected chi connectivity index (χ4v) is 2.98. The van der Waals surface area contributed by atoms with Gasteiger partial charge in [0.05, 0.1) is 12.0 Å². The molecule has 4 heteroatoms. The molecule has 0 fully saturated rings. The highest BCUT2D eigenvalue weighted by Gasteiger charge is 2.37. The molecule has 1 aliphatic heterocycles. The molecule has 0 N–H and O–H groups in total. The molecular weight excluding hydrogens is 288 g/mol. The molecule has 0 amide bonds. The van der Waals surface area contributed by atoms with Crippen LogP contribution in [0.1, 0.15) is 29.3 Å². The quantitative estimate of drug-likeness (QED) is 0.608. The largest absolute Gasteiger partial charge is 0.465 e. The number of carbonyl (C=O) groups excluding carboxylic acids is 1. The molecule has 2 atom stereocenters. The van der Waals surface area contributed by atoms with Crippen LogP contribution in [0.2, 0.25) is 0 Å². The van der Waals surface area contributed by atoms with E-state index in [1.807, 2.05) is 48.5 Å². The molecule has 0 saturated carbocycles. The van der Waals surface area contributed by atoms with E-state index in [9.17, 15) is 4.79 Å². The van der Waals surface area contributed by atoms with Gasteiger partial charge in [0.1, 0.15) is 17.4 Å². The lowest BCUT2D eigenvalue weighted by Crippen LogP contribution is -2.19. The Balaban J connectivity index is 2.16. The van der Waals surface area contributed by atoms with E-state index in [0.717, 1.165) is 11.1 Å². The van der Waals surface area contributed by atoms with Gasteiger partial charge in [-0.15, -0.1) is 11.6 Å². The molecule has 3 nitrogen and oxygen atoms in total. The van der Waals surface area contributed by atoms with E-state index in [-0.39, 0.29) is 5.97 Å². The zero-order chi connectivity index (χ0) is 14.8. The summed E-state index contributed by atoms with van der Waals surface area (Å²) in [6.45, 7) is 2.11. The van der Waals surface area contributed by atoms with Gasteiger partial charge in [0, 0.05) is 11.1 Å². The molecule has 2 aromatic rings. The summed E-state index contributed by atoms with van der Waals surface area (Å²) in [6.07, 6.45) is 0. The van der Waals surface area contributed by atoms with Crippen LogP contribution in [-0.4, -0.2) is 12.6 Å². The number of carbonyl (C=O) groups is 1. The van der Waals surface area contributed by atoms with Crippen LogP contribution >= 0.6 is 11.6 Å². The molecule has 108 valence electrons. The van der Waals surface area contributed by atoms with E-state index in [1.54, 1.807) is 6.92 Å². The lowest BCUT2D eigenvalue weighted by atomic mass is 9.91. The van der Waals surface area contributed by atoms with E-state index < -0.39 is 11.3 Å². The van der Waals surface area contributed by atoms with E-state index in [2.05, 4.69) is 0 Å². The van der Waals surface area contributed by atoms with Gasteiger partial charge in [-0.25, -0.2) is 0 Å². The summed E-state index contributed by atoms with van der Waals surface area (Å²) in [7, 11) is 0. The van der Waals surface area contributed by atoms with E-state index in [1.165, 1.54) is 0 Å².